The zero-order valence-corrected chi connectivity index (χ0v) is 15.8. The van der Waals surface area contributed by atoms with Gasteiger partial charge >= 0.3 is 0 Å². The summed E-state index contributed by atoms with van der Waals surface area (Å²) in [5.74, 6) is 0.556. The fourth-order valence-electron chi connectivity index (χ4n) is 4.19. The monoisotopic (exact) mass is 366 g/mol. The first-order valence-corrected chi connectivity index (χ1v) is 9.55. The third kappa shape index (κ3) is 3.87. The third-order valence-corrected chi connectivity index (χ3v) is 5.82. The molecule has 0 radical (unpaired) electrons. The number of rotatable bonds is 5. The van der Waals surface area contributed by atoms with Crippen LogP contribution in [0.15, 0.2) is 48.8 Å². The molecule has 2 aliphatic rings. The summed E-state index contributed by atoms with van der Waals surface area (Å²) in [6, 6.07) is 11.4. The van der Waals surface area contributed by atoms with Crippen molar-refractivity contribution < 1.29 is 9.53 Å². The summed E-state index contributed by atoms with van der Waals surface area (Å²) in [6.07, 6.45) is 5.67. The Morgan fingerprint density at radius 3 is 2.67 bits per heavy atom. The molecule has 2 aliphatic heterocycles. The highest BCUT2D eigenvalue weighted by atomic mass is 16.5. The molecule has 0 bridgehead atoms. The molecular formula is C21H26N4O2. The van der Waals surface area contributed by atoms with E-state index in [2.05, 4.69) is 21.9 Å². The van der Waals surface area contributed by atoms with Gasteiger partial charge in [-0.05, 0) is 56.6 Å². The molecule has 4 rings (SSSR count). The van der Waals surface area contributed by atoms with Crippen molar-refractivity contribution in [2.75, 3.05) is 33.3 Å². The second kappa shape index (κ2) is 7.74. The van der Waals surface area contributed by atoms with Crippen LogP contribution >= 0.6 is 0 Å². The van der Waals surface area contributed by atoms with Gasteiger partial charge in [0.05, 0.1) is 24.4 Å². The maximum atomic E-state index is 12.6. The lowest BCUT2D eigenvalue weighted by atomic mass is 9.75. The third-order valence-electron chi connectivity index (χ3n) is 5.82. The topological polar surface area (TPSA) is 58.6 Å². The van der Waals surface area contributed by atoms with E-state index in [1.54, 1.807) is 18.5 Å². The number of carbonyl (C=O) groups excluding carboxylic acids is 1. The van der Waals surface area contributed by atoms with E-state index < -0.39 is 0 Å². The molecular weight excluding hydrogens is 340 g/mol. The van der Waals surface area contributed by atoms with Gasteiger partial charge in [-0.3, -0.25) is 19.7 Å². The number of piperidine rings is 1. The average Bonchev–Trinajstić information content (AvgIpc) is 2.68. The van der Waals surface area contributed by atoms with Gasteiger partial charge < -0.3 is 9.64 Å². The van der Waals surface area contributed by atoms with E-state index in [4.69, 9.17) is 4.74 Å². The largest absolute Gasteiger partial charge is 0.375 e. The van der Waals surface area contributed by atoms with Gasteiger partial charge in [-0.25, -0.2) is 0 Å². The van der Waals surface area contributed by atoms with Crippen LogP contribution in [0, 0.1) is 5.92 Å². The molecule has 1 atom stereocenters. The van der Waals surface area contributed by atoms with E-state index in [1.165, 1.54) is 0 Å². The number of nitrogens with zero attached hydrogens (tertiary/aromatic N) is 4. The standard InChI is InChI=1S/C21H26N4O2/c1-24-11-8-17(13-27-14-18-6-2-4-9-22-18)12-21(24)15-25(16-21)20(26)19-7-3-5-10-23-19/h2-7,9-10,17H,8,11-16H2,1H3/t17-/m0/s1. The second-order valence-corrected chi connectivity index (χ2v) is 7.72. The number of hydrogen-bond acceptors (Lipinski definition) is 5. The van der Waals surface area contributed by atoms with Crippen LogP contribution in [-0.2, 0) is 11.3 Å². The highest BCUT2D eigenvalue weighted by Gasteiger charge is 2.51. The molecule has 0 unspecified atom stereocenters. The number of aromatic nitrogens is 2. The van der Waals surface area contributed by atoms with Crippen LogP contribution in [0.1, 0.15) is 29.0 Å². The molecule has 0 N–H and O–H groups in total. The maximum absolute atomic E-state index is 12.6. The van der Waals surface area contributed by atoms with Crippen LogP contribution in [0.25, 0.3) is 0 Å². The first-order valence-electron chi connectivity index (χ1n) is 9.55. The van der Waals surface area contributed by atoms with E-state index >= 15 is 0 Å². The van der Waals surface area contributed by atoms with Crippen molar-refractivity contribution in [2.24, 2.45) is 5.92 Å². The highest BCUT2D eigenvalue weighted by Crippen LogP contribution is 2.38. The molecule has 0 aromatic carbocycles. The summed E-state index contributed by atoms with van der Waals surface area (Å²) in [6.45, 7) is 3.90. The molecule has 2 aromatic heterocycles. The Morgan fingerprint density at radius 2 is 1.96 bits per heavy atom. The number of likely N-dealkylation sites (tertiary alicyclic amines) is 2. The quantitative estimate of drug-likeness (QED) is 0.812. The number of likely N-dealkylation sites (N-methyl/N-ethyl adjacent to an activating group) is 1. The second-order valence-electron chi connectivity index (χ2n) is 7.72. The minimum absolute atomic E-state index is 0.0307. The minimum Gasteiger partial charge on any atom is -0.375 e. The molecule has 142 valence electrons. The van der Waals surface area contributed by atoms with Crippen molar-refractivity contribution in [1.29, 1.82) is 0 Å². The Hall–Kier alpha value is -2.31. The van der Waals surface area contributed by atoms with Gasteiger partial charge in [0.2, 0.25) is 0 Å². The Kier molecular flexibility index (Phi) is 5.18. The molecule has 1 amide bonds. The Morgan fingerprint density at radius 1 is 1.19 bits per heavy atom. The summed E-state index contributed by atoms with van der Waals surface area (Å²) in [7, 11) is 2.17. The van der Waals surface area contributed by atoms with Gasteiger partial charge in [0, 0.05) is 25.5 Å². The van der Waals surface area contributed by atoms with Gasteiger partial charge in [0.15, 0.2) is 0 Å². The van der Waals surface area contributed by atoms with Crippen molar-refractivity contribution in [2.45, 2.75) is 25.0 Å². The predicted molar refractivity (Wildman–Crippen MR) is 102 cm³/mol. The lowest BCUT2D eigenvalue weighted by Gasteiger charge is -2.58. The molecule has 0 saturated carbocycles. The van der Waals surface area contributed by atoms with E-state index in [0.29, 0.717) is 18.2 Å². The summed E-state index contributed by atoms with van der Waals surface area (Å²) < 4.78 is 5.93. The molecule has 1 spiro atoms. The fourth-order valence-corrected chi connectivity index (χ4v) is 4.19. The SMILES string of the molecule is CN1CC[C@H](COCc2ccccn2)CC12CN(C(=O)c1ccccn1)C2. The van der Waals surface area contributed by atoms with Gasteiger partial charge in [0.1, 0.15) is 5.69 Å². The van der Waals surface area contributed by atoms with Crippen molar-refractivity contribution >= 4 is 5.91 Å². The van der Waals surface area contributed by atoms with E-state index in [0.717, 1.165) is 44.8 Å². The van der Waals surface area contributed by atoms with Crippen molar-refractivity contribution in [3.05, 3.63) is 60.2 Å². The van der Waals surface area contributed by atoms with E-state index in [1.807, 2.05) is 35.2 Å². The van der Waals surface area contributed by atoms with Gasteiger partial charge in [0.25, 0.3) is 5.91 Å². The number of amides is 1. The Labute approximate surface area is 160 Å². The molecule has 6 heteroatoms. The van der Waals surface area contributed by atoms with Crippen LogP contribution in [0.3, 0.4) is 0 Å². The first-order chi connectivity index (χ1) is 13.2. The van der Waals surface area contributed by atoms with Crippen LogP contribution in [0.5, 0.6) is 0 Å². The number of pyridine rings is 2. The number of hydrogen-bond donors (Lipinski definition) is 0. The summed E-state index contributed by atoms with van der Waals surface area (Å²) in [5, 5.41) is 0. The van der Waals surface area contributed by atoms with Crippen molar-refractivity contribution in [3.63, 3.8) is 0 Å². The molecule has 2 aromatic rings. The van der Waals surface area contributed by atoms with E-state index in [-0.39, 0.29) is 11.4 Å². The summed E-state index contributed by atoms with van der Waals surface area (Å²) in [4.78, 5) is 25.4. The summed E-state index contributed by atoms with van der Waals surface area (Å²) in [5.41, 5.74) is 1.58. The minimum atomic E-state index is 0.0307. The molecule has 4 heterocycles. The number of carbonyl (C=O) groups is 1. The zero-order valence-electron chi connectivity index (χ0n) is 15.8. The predicted octanol–water partition coefficient (Wildman–Crippen LogP) is 2.23. The molecule has 0 aliphatic carbocycles. The molecule has 2 fully saturated rings. The van der Waals surface area contributed by atoms with E-state index in [9.17, 15) is 4.79 Å². The fraction of sp³-hybridized carbons (Fsp3) is 0.476. The first kappa shape index (κ1) is 18.1. The van der Waals surface area contributed by atoms with Gasteiger partial charge in [-0.1, -0.05) is 12.1 Å². The maximum Gasteiger partial charge on any atom is 0.272 e. The smallest absolute Gasteiger partial charge is 0.272 e. The van der Waals surface area contributed by atoms with Crippen molar-refractivity contribution in [1.82, 2.24) is 19.8 Å². The van der Waals surface area contributed by atoms with Crippen LogP contribution in [0.2, 0.25) is 0 Å². The van der Waals surface area contributed by atoms with Crippen LogP contribution in [0.4, 0.5) is 0 Å². The number of ether oxygens (including phenoxy) is 1. The van der Waals surface area contributed by atoms with Crippen LogP contribution < -0.4 is 0 Å². The van der Waals surface area contributed by atoms with Gasteiger partial charge in [-0.15, -0.1) is 0 Å². The molecule has 27 heavy (non-hydrogen) atoms. The van der Waals surface area contributed by atoms with Gasteiger partial charge in [-0.2, -0.15) is 0 Å². The Bertz CT molecular complexity index is 762. The lowest BCUT2D eigenvalue weighted by Crippen LogP contribution is -2.72. The zero-order chi connectivity index (χ0) is 18.7. The normalized spacial score (nSPS) is 21.8. The molecule has 2 saturated heterocycles. The molecule has 6 nitrogen and oxygen atoms in total. The Balaban J connectivity index is 1.30. The lowest BCUT2D eigenvalue weighted by molar-refractivity contribution is -0.0770. The summed E-state index contributed by atoms with van der Waals surface area (Å²) >= 11 is 0. The highest BCUT2D eigenvalue weighted by molar-refractivity contribution is 5.93. The van der Waals surface area contributed by atoms with Crippen molar-refractivity contribution in [3.8, 4) is 0 Å². The van der Waals surface area contributed by atoms with Crippen LogP contribution in [-0.4, -0.2) is 64.5 Å². The average molecular weight is 366 g/mol.